The quantitative estimate of drug-likeness (QED) is 0.892. The van der Waals surface area contributed by atoms with Crippen molar-refractivity contribution in [3.05, 3.63) is 40.2 Å². The highest BCUT2D eigenvalue weighted by Gasteiger charge is 2.24. The fourth-order valence-corrected chi connectivity index (χ4v) is 4.09. The minimum atomic E-state index is -0.0952. The van der Waals surface area contributed by atoms with Gasteiger partial charge in [0.15, 0.2) is 5.13 Å². The van der Waals surface area contributed by atoms with Gasteiger partial charge in [-0.05, 0) is 43.9 Å². The molecule has 0 aromatic carbocycles. The topological polar surface area (TPSA) is 81.9 Å². The molecule has 2 aromatic heterocycles. The molecular weight excluding hydrogens is 334 g/mol. The van der Waals surface area contributed by atoms with Crippen LogP contribution in [0.15, 0.2) is 18.3 Å². The molecule has 1 unspecified atom stereocenters. The van der Waals surface area contributed by atoms with Gasteiger partial charge in [-0.1, -0.05) is 6.07 Å². The Balaban J connectivity index is 1.56. The zero-order chi connectivity index (χ0) is 17.8. The van der Waals surface area contributed by atoms with Crippen molar-refractivity contribution in [3.63, 3.8) is 0 Å². The molecule has 1 aliphatic heterocycles. The number of nitrogens with zero attached hydrogens (tertiary/aromatic N) is 4. The number of carbonyl (C=O) groups is 1. The summed E-state index contributed by atoms with van der Waals surface area (Å²) in [5.41, 5.74) is 2.49. The molecule has 3 rings (SSSR count). The van der Waals surface area contributed by atoms with E-state index in [4.69, 9.17) is 0 Å². The van der Waals surface area contributed by atoms with E-state index < -0.39 is 0 Å². The van der Waals surface area contributed by atoms with E-state index in [0.717, 1.165) is 48.6 Å². The number of likely N-dealkylation sites (tertiary alicyclic amines) is 1. The van der Waals surface area contributed by atoms with Gasteiger partial charge < -0.3 is 5.32 Å². The van der Waals surface area contributed by atoms with Crippen LogP contribution in [0, 0.1) is 24.2 Å². The summed E-state index contributed by atoms with van der Waals surface area (Å²) >= 11 is 1.52. The predicted molar refractivity (Wildman–Crippen MR) is 97.2 cm³/mol. The monoisotopic (exact) mass is 355 g/mol. The molecule has 3 heterocycles. The highest BCUT2D eigenvalue weighted by molar-refractivity contribution is 7.15. The van der Waals surface area contributed by atoms with Crippen molar-refractivity contribution >= 4 is 22.4 Å². The molecule has 0 bridgehead atoms. The van der Waals surface area contributed by atoms with Crippen LogP contribution in [0.4, 0.5) is 5.13 Å². The third-order valence-corrected chi connectivity index (χ3v) is 5.22. The molecular formula is C18H21N5OS. The third-order valence-electron chi connectivity index (χ3n) is 4.32. The lowest BCUT2D eigenvalue weighted by atomic mass is 9.97. The van der Waals surface area contributed by atoms with Gasteiger partial charge >= 0.3 is 0 Å². The van der Waals surface area contributed by atoms with Crippen LogP contribution in [-0.2, 0) is 17.8 Å². The Morgan fingerprint density at radius 1 is 1.52 bits per heavy atom. The number of hydrogen-bond acceptors (Lipinski definition) is 6. The number of nitriles is 1. The van der Waals surface area contributed by atoms with Gasteiger partial charge in [-0.15, -0.1) is 11.3 Å². The average Bonchev–Trinajstić information content (AvgIpc) is 3.18. The van der Waals surface area contributed by atoms with Crippen molar-refractivity contribution in [2.45, 2.75) is 33.2 Å². The average molecular weight is 355 g/mol. The second-order valence-electron chi connectivity index (χ2n) is 6.48. The van der Waals surface area contributed by atoms with Crippen molar-refractivity contribution in [1.82, 2.24) is 14.9 Å². The zero-order valence-corrected chi connectivity index (χ0v) is 15.3. The van der Waals surface area contributed by atoms with Crippen LogP contribution >= 0.6 is 11.3 Å². The standard InChI is InChI=1S/C18H21N5OS/c1-12-3-4-15(17(8-19)21-12)7-14-5-6-23(10-14)11-16-9-20-18(25-16)22-13(2)24/h3-4,9,14H,5-7,10-11H2,1-2H3,(H,20,22,24). The van der Waals surface area contributed by atoms with E-state index in [9.17, 15) is 10.1 Å². The first kappa shape index (κ1) is 17.5. The smallest absolute Gasteiger partial charge is 0.223 e. The lowest BCUT2D eigenvalue weighted by Gasteiger charge is -2.15. The predicted octanol–water partition coefficient (Wildman–Crippen LogP) is 2.74. The second-order valence-corrected chi connectivity index (χ2v) is 7.59. The summed E-state index contributed by atoms with van der Waals surface area (Å²) in [6.07, 6.45) is 3.85. The van der Waals surface area contributed by atoms with Crippen molar-refractivity contribution < 1.29 is 4.79 Å². The summed E-state index contributed by atoms with van der Waals surface area (Å²) in [6, 6.07) is 6.22. The SMILES string of the molecule is CC(=O)Nc1ncc(CN2CCC(Cc3ccc(C)nc3C#N)C2)s1. The van der Waals surface area contributed by atoms with Gasteiger partial charge in [0.2, 0.25) is 5.91 Å². The Labute approximate surface area is 151 Å². The lowest BCUT2D eigenvalue weighted by Crippen LogP contribution is -2.20. The van der Waals surface area contributed by atoms with E-state index >= 15 is 0 Å². The maximum Gasteiger partial charge on any atom is 0.223 e. The first-order valence-corrected chi connectivity index (χ1v) is 9.16. The Bertz CT molecular complexity index is 810. The minimum absolute atomic E-state index is 0.0952. The number of nitrogens with one attached hydrogen (secondary N) is 1. The molecule has 0 spiro atoms. The highest BCUT2D eigenvalue weighted by Crippen LogP contribution is 2.26. The molecule has 1 N–H and O–H groups in total. The largest absolute Gasteiger partial charge is 0.302 e. The summed E-state index contributed by atoms with van der Waals surface area (Å²) in [5, 5.41) is 12.6. The number of pyridine rings is 1. The van der Waals surface area contributed by atoms with Crippen LogP contribution in [0.2, 0.25) is 0 Å². The fourth-order valence-electron chi connectivity index (χ4n) is 3.19. The van der Waals surface area contributed by atoms with E-state index in [1.807, 2.05) is 25.3 Å². The summed E-state index contributed by atoms with van der Waals surface area (Å²) in [5.74, 6) is 0.446. The fraction of sp³-hybridized carbons (Fsp3) is 0.444. The molecule has 130 valence electrons. The van der Waals surface area contributed by atoms with E-state index in [1.165, 1.54) is 18.3 Å². The Morgan fingerprint density at radius 2 is 2.36 bits per heavy atom. The Morgan fingerprint density at radius 3 is 3.12 bits per heavy atom. The number of aryl methyl sites for hydroxylation is 1. The number of anilines is 1. The number of thiazole rings is 1. The van der Waals surface area contributed by atoms with Gasteiger partial charge in [0.05, 0.1) is 0 Å². The zero-order valence-electron chi connectivity index (χ0n) is 14.5. The van der Waals surface area contributed by atoms with Crippen molar-refractivity contribution in [1.29, 1.82) is 5.26 Å². The van der Waals surface area contributed by atoms with Gasteiger partial charge in [0, 0.05) is 36.8 Å². The first-order chi connectivity index (χ1) is 12.0. The molecule has 7 heteroatoms. The second kappa shape index (κ2) is 7.72. The molecule has 1 atom stereocenters. The number of amides is 1. The third kappa shape index (κ3) is 4.62. The number of rotatable bonds is 5. The Kier molecular flexibility index (Phi) is 5.41. The van der Waals surface area contributed by atoms with Crippen LogP contribution in [0.1, 0.15) is 35.2 Å². The van der Waals surface area contributed by atoms with Gasteiger partial charge in [0.25, 0.3) is 0 Å². The van der Waals surface area contributed by atoms with Gasteiger partial charge in [-0.25, -0.2) is 9.97 Å². The maximum atomic E-state index is 11.1. The van der Waals surface area contributed by atoms with Gasteiger partial charge in [-0.3, -0.25) is 9.69 Å². The minimum Gasteiger partial charge on any atom is -0.302 e. The van der Waals surface area contributed by atoms with Gasteiger partial charge in [0.1, 0.15) is 11.8 Å². The number of aromatic nitrogens is 2. The van der Waals surface area contributed by atoms with E-state index in [2.05, 4.69) is 26.3 Å². The van der Waals surface area contributed by atoms with Crippen LogP contribution in [0.3, 0.4) is 0 Å². The lowest BCUT2D eigenvalue weighted by molar-refractivity contribution is -0.114. The molecule has 1 aliphatic rings. The summed E-state index contributed by atoms with van der Waals surface area (Å²) in [7, 11) is 0. The van der Waals surface area contributed by atoms with Crippen molar-refractivity contribution in [2.75, 3.05) is 18.4 Å². The summed E-state index contributed by atoms with van der Waals surface area (Å²) < 4.78 is 0. The summed E-state index contributed by atoms with van der Waals surface area (Å²) in [6.45, 7) is 6.30. The first-order valence-electron chi connectivity index (χ1n) is 8.34. The van der Waals surface area contributed by atoms with Crippen LogP contribution < -0.4 is 5.32 Å². The molecule has 1 amide bonds. The molecule has 0 radical (unpaired) electrons. The molecule has 1 saturated heterocycles. The van der Waals surface area contributed by atoms with E-state index in [1.54, 1.807) is 0 Å². The molecule has 0 aliphatic carbocycles. The van der Waals surface area contributed by atoms with Crippen molar-refractivity contribution in [3.8, 4) is 6.07 Å². The Hall–Kier alpha value is -2.30. The molecule has 0 saturated carbocycles. The molecule has 25 heavy (non-hydrogen) atoms. The van der Waals surface area contributed by atoms with Crippen LogP contribution in [0.5, 0.6) is 0 Å². The molecule has 2 aromatic rings. The number of carbonyl (C=O) groups excluding carboxylic acids is 1. The van der Waals surface area contributed by atoms with Gasteiger partial charge in [-0.2, -0.15) is 5.26 Å². The van der Waals surface area contributed by atoms with E-state index in [-0.39, 0.29) is 5.91 Å². The van der Waals surface area contributed by atoms with E-state index in [0.29, 0.717) is 16.7 Å². The van der Waals surface area contributed by atoms with Crippen molar-refractivity contribution in [2.24, 2.45) is 5.92 Å². The highest BCUT2D eigenvalue weighted by atomic mass is 32.1. The number of hydrogen-bond donors (Lipinski definition) is 1. The van der Waals surface area contributed by atoms with Crippen LogP contribution in [0.25, 0.3) is 0 Å². The van der Waals surface area contributed by atoms with Crippen LogP contribution in [-0.4, -0.2) is 33.9 Å². The summed E-state index contributed by atoms with van der Waals surface area (Å²) in [4.78, 5) is 23.2. The normalized spacial score (nSPS) is 17.4. The molecule has 1 fully saturated rings. The maximum absolute atomic E-state index is 11.1. The molecule has 6 nitrogen and oxygen atoms in total.